The van der Waals surface area contributed by atoms with Gasteiger partial charge >= 0.3 is 5.97 Å². The fourth-order valence-electron chi connectivity index (χ4n) is 1.01. The molecule has 88 valence electrons. The Morgan fingerprint density at radius 1 is 1.19 bits per heavy atom. The van der Waals surface area contributed by atoms with Gasteiger partial charge in [0.15, 0.2) is 0 Å². The Morgan fingerprint density at radius 2 is 1.75 bits per heavy atom. The minimum atomic E-state index is -1.49. The van der Waals surface area contributed by atoms with Crippen molar-refractivity contribution < 1.29 is 9.53 Å². The average molecular weight is 302 g/mol. The minimum Gasteiger partial charge on any atom is -0.461 e. The number of alkyl halides is 4. The Labute approximate surface area is 113 Å². The van der Waals surface area contributed by atoms with Gasteiger partial charge in [0, 0.05) is 5.56 Å². The van der Waals surface area contributed by atoms with Crippen molar-refractivity contribution in [2.45, 2.75) is 3.79 Å². The van der Waals surface area contributed by atoms with Crippen LogP contribution in [0.3, 0.4) is 0 Å². The van der Waals surface area contributed by atoms with E-state index in [0.717, 1.165) is 0 Å². The molecule has 0 spiro atoms. The van der Waals surface area contributed by atoms with E-state index in [1.807, 2.05) is 0 Å². The molecule has 2 nitrogen and oxygen atoms in total. The quantitative estimate of drug-likeness (QED) is 0.625. The summed E-state index contributed by atoms with van der Waals surface area (Å²) in [7, 11) is 0. The number of hydrogen-bond acceptors (Lipinski definition) is 2. The van der Waals surface area contributed by atoms with Crippen LogP contribution in [0, 0.1) is 0 Å². The molecule has 6 heteroatoms. The Kier molecular flexibility index (Phi) is 5.19. The van der Waals surface area contributed by atoms with Gasteiger partial charge in [0.25, 0.3) is 0 Å². The van der Waals surface area contributed by atoms with Crippen molar-refractivity contribution in [1.29, 1.82) is 0 Å². The highest BCUT2D eigenvalue weighted by molar-refractivity contribution is 6.66. The van der Waals surface area contributed by atoms with Gasteiger partial charge in [-0.25, -0.2) is 4.79 Å². The molecule has 0 radical (unpaired) electrons. The number of esters is 1. The Hall–Kier alpha value is -0.150. The molecule has 0 heterocycles. The van der Waals surface area contributed by atoms with Crippen molar-refractivity contribution in [2.24, 2.45) is 0 Å². The summed E-state index contributed by atoms with van der Waals surface area (Å²) in [4.78, 5) is 11.4. The summed E-state index contributed by atoms with van der Waals surface area (Å²) in [6.45, 7) is 0.173. The summed E-state index contributed by atoms with van der Waals surface area (Å²) >= 11 is 22.4. The second-order valence-electron chi connectivity index (χ2n) is 2.90. The van der Waals surface area contributed by atoms with Crippen molar-refractivity contribution in [3.8, 4) is 0 Å². The molecule has 0 aliphatic rings. The SMILES string of the molecule is O=C(OCCCl)c1ccc(C(Cl)(Cl)Cl)cc1. The van der Waals surface area contributed by atoms with Crippen molar-refractivity contribution in [2.75, 3.05) is 12.5 Å². The van der Waals surface area contributed by atoms with Crippen molar-refractivity contribution >= 4 is 52.4 Å². The molecule has 0 aromatic heterocycles. The van der Waals surface area contributed by atoms with Gasteiger partial charge in [-0.05, 0) is 12.1 Å². The molecule has 1 rings (SSSR count). The van der Waals surface area contributed by atoms with Gasteiger partial charge in [0.05, 0.1) is 11.4 Å². The number of carbonyl (C=O) groups excluding carboxylic acids is 1. The van der Waals surface area contributed by atoms with E-state index >= 15 is 0 Å². The molecule has 0 atom stereocenters. The Morgan fingerprint density at radius 3 is 2.19 bits per heavy atom. The maximum atomic E-state index is 11.4. The molecule has 1 aromatic rings. The number of halogens is 4. The number of ether oxygens (including phenoxy) is 1. The first-order valence-electron chi connectivity index (χ1n) is 4.35. The molecule has 0 fully saturated rings. The van der Waals surface area contributed by atoms with E-state index < -0.39 is 9.76 Å². The summed E-state index contributed by atoms with van der Waals surface area (Å²) in [5.41, 5.74) is 0.884. The smallest absolute Gasteiger partial charge is 0.338 e. The van der Waals surface area contributed by atoms with Crippen LogP contribution in [0.5, 0.6) is 0 Å². The van der Waals surface area contributed by atoms with Gasteiger partial charge in [-0.2, -0.15) is 0 Å². The van der Waals surface area contributed by atoms with Crippen LogP contribution < -0.4 is 0 Å². The lowest BCUT2D eigenvalue weighted by Gasteiger charge is -2.11. The molecule has 1 aromatic carbocycles. The molecular formula is C10H8Cl4O2. The number of benzene rings is 1. The normalized spacial score (nSPS) is 11.2. The number of rotatable bonds is 3. The van der Waals surface area contributed by atoms with E-state index in [1.54, 1.807) is 12.1 Å². The van der Waals surface area contributed by atoms with E-state index in [0.29, 0.717) is 11.1 Å². The lowest BCUT2D eigenvalue weighted by molar-refractivity contribution is 0.0529. The molecule has 0 unspecified atom stereocenters. The van der Waals surface area contributed by atoms with Crippen LogP contribution in [0.2, 0.25) is 0 Å². The van der Waals surface area contributed by atoms with Crippen LogP contribution in [-0.4, -0.2) is 18.5 Å². The van der Waals surface area contributed by atoms with E-state index in [-0.39, 0.29) is 12.5 Å². The van der Waals surface area contributed by atoms with Crippen LogP contribution in [0.4, 0.5) is 0 Å². The van der Waals surface area contributed by atoms with Crippen LogP contribution in [0.25, 0.3) is 0 Å². The molecule has 0 aliphatic carbocycles. The van der Waals surface area contributed by atoms with Crippen LogP contribution in [-0.2, 0) is 8.53 Å². The van der Waals surface area contributed by atoms with Gasteiger partial charge < -0.3 is 4.74 Å². The van der Waals surface area contributed by atoms with Crippen molar-refractivity contribution in [3.63, 3.8) is 0 Å². The second-order valence-corrected chi connectivity index (χ2v) is 5.56. The largest absolute Gasteiger partial charge is 0.461 e. The predicted octanol–water partition coefficient (Wildman–Crippen LogP) is 3.91. The van der Waals surface area contributed by atoms with Crippen molar-refractivity contribution in [3.05, 3.63) is 35.4 Å². The zero-order valence-corrected chi connectivity index (χ0v) is 11.1. The molecule has 0 N–H and O–H groups in total. The molecule has 0 aliphatic heterocycles. The average Bonchev–Trinajstić information content (AvgIpc) is 2.25. The van der Waals surface area contributed by atoms with Gasteiger partial charge in [0.1, 0.15) is 6.61 Å². The molecule has 16 heavy (non-hydrogen) atoms. The molecule has 0 bridgehead atoms. The van der Waals surface area contributed by atoms with E-state index in [2.05, 4.69) is 0 Å². The third-order valence-corrected chi connectivity index (χ3v) is 2.57. The number of hydrogen-bond donors (Lipinski definition) is 0. The maximum absolute atomic E-state index is 11.4. The molecule has 0 saturated heterocycles. The van der Waals surface area contributed by atoms with Gasteiger partial charge in [-0.15, -0.1) is 11.6 Å². The summed E-state index contributed by atoms with van der Waals surface area (Å²) in [6, 6.07) is 6.19. The Balaban J connectivity index is 2.75. The Bertz CT molecular complexity index is 356. The second kappa shape index (κ2) is 5.97. The van der Waals surface area contributed by atoms with Crippen LogP contribution >= 0.6 is 46.4 Å². The molecule has 0 saturated carbocycles. The standard InChI is InChI=1S/C10H8Cl4O2/c11-5-6-16-9(15)7-1-3-8(4-2-7)10(12,13)14/h1-4H,5-6H2. The van der Waals surface area contributed by atoms with Crippen LogP contribution in [0.1, 0.15) is 15.9 Å². The van der Waals surface area contributed by atoms with Crippen molar-refractivity contribution in [1.82, 2.24) is 0 Å². The van der Waals surface area contributed by atoms with Gasteiger partial charge in [-0.1, -0.05) is 46.9 Å². The summed E-state index contributed by atoms with van der Waals surface area (Å²) in [5.74, 6) is -0.186. The summed E-state index contributed by atoms with van der Waals surface area (Å²) in [6.07, 6.45) is 0. The van der Waals surface area contributed by atoms with Gasteiger partial charge in [0.2, 0.25) is 3.79 Å². The highest BCUT2D eigenvalue weighted by Crippen LogP contribution is 2.37. The first-order valence-corrected chi connectivity index (χ1v) is 6.02. The highest BCUT2D eigenvalue weighted by Gasteiger charge is 2.22. The third-order valence-electron chi connectivity index (χ3n) is 1.76. The first kappa shape index (κ1) is 13.9. The fourth-order valence-corrected chi connectivity index (χ4v) is 1.47. The summed E-state index contributed by atoms with van der Waals surface area (Å²) < 4.78 is 3.35. The first-order chi connectivity index (χ1) is 7.45. The lowest BCUT2D eigenvalue weighted by Crippen LogP contribution is -2.08. The number of carbonyl (C=O) groups is 1. The monoisotopic (exact) mass is 300 g/mol. The van der Waals surface area contributed by atoms with Gasteiger partial charge in [-0.3, -0.25) is 0 Å². The lowest BCUT2D eigenvalue weighted by atomic mass is 10.1. The van der Waals surface area contributed by atoms with E-state index in [9.17, 15) is 4.79 Å². The topological polar surface area (TPSA) is 26.3 Å². The zero-order valence-electron chi connectivity index (χ0n) is 8.05. The van der Waals surface area contributed by atoms with Crippen LogP contribution in [0.15, 0.2) is 24.3 Å². The highest BCUT2D eigenvalue weighted by atomic mass is 35.6. The predicted molar refractivity (Wildman–Crippen MR) is 66.7 cm³/mol. The van der Waals surface area contributed by atoms with E-state index in [1.165, 1.54) is 12.1 Å². The summed E-state index contributed by atoms with van der Waals surface area (Å²) in [5, 5.41) is 0. The fraction of sp³-hybridized carbons (Fsp3) is 0.300. The minimum absolute atomic E-state index is 0.173. The molecule has 0 amide bonds. The molecular weight excluding hydrogens is 294 g/mol. The third kappa shape index (κ3) is 4.02. The zero-order chi connectivity index (χ0) is 12.2. The van der Waals surface area contributed by atoms with E-state index in [4.69, 9.17) is 51.1 Å². The maximum Gasteiger partial charge on any atom is 0.338 e.